The van der Waals surface area contributed by atoms with Gasteiger partial charge in [-0.1, -0.05) is 64.0 Å². The molecule has 4 rings (SSSR count). The lowest BCUT2D eigenvalue weighted by Gasteiger charge is -2.27. The average Bonchev–Trinajstić information content (AvgIpc) is 3.10. The van der Waals surface area contributed by atoms with E-state index in [-0.39, 0.29) is 29.9 Å². The van der Waals surface area contributed by atoms with E-state index in [4.69, 9.17) is 0 Å². The molecular weight excluding hydrogens is 488 g/mol. The molecule has 0 unspecified atom stereocenters. The second-order valence-corrected chi connectivity index (χ2v) is 11.0. The Hall–Kier alpha value is -2.48. The number of amides is 1. The van der Waals surface area contributed by atoms with E-state index < -0.39 is 10.0 Å². The van der Waals surface area contributed by atoms with Crippen molar-refractivity contribution in [3.8, 4) is 0 Å². The number of anilines is 1. The highest BCUT2D eigenvalue weighted by Gasteiger charge is 2.34. The molecule has 166 valence electrons. The highest BCUT2D eigenvalue weighted by molar-refractivity contribution is 9.10. The van der Waals surface area contributed by atoms with Crippen molar-refractivity contribution < 1.29 is 13.2 Å². The van der Waals surface area contributed by atoms with Crippen molar-refractivity contribution in [2.24, 2.45) is 0 Å². The van der Waals surface area contributed by atoms with Gasteiger partial charge in [0, 0.05) is 22.7 Å². The predicted molar refractivity (Wildman–Crippen MR) is 130 cm³/mol. The number of hydrogen-bond acceptors (Lipinski definition) is 3. The third-order valence-corrected chi connectivity index (χ3v) is 8.05. The summed E-state index contributed by atoms with van der Waals surface area (Å²) in [6.45, 7) is 3.78. The number of nitrogens with zero attached hydrogens (tertiary/aromatic N) is 2. The van der Waals surface area contributed by atoms with Gasteiger partial charge >= 0.3 is 0 Å². The molecule has 7 heteroatoms. The minimum absolute atomic E-state index is 0.0171. The molecule has 0 spiro atoms. The first-order valence-corrected chi connectivity index (χ1v) is 12.7. The van der Waals surface area contributed by atoms with Gasteiger partial charge in [0.2, 0.25) is 15.9 Å². The molecule has 0 fully saturated rings. The average molecular weight is 513 g/mol. The largest absolute Gasteiger partial charge is 0.308 e. The van der Waals surface area contributed by atoms with Crippen molar-refractivity contribution in [1.29, 1.82) is 0 Å². The van der Waals surface area contributed by atoms with Crippen LogP contribution in [0.25, 0.3) is 0 Å². The number of benzene rings is 3. The minimum atomic E-state index is -3.87. The molecule has 1 amide bonds. The second kappa shape index (κ2) is 9.17. The maximum atomic E-state index is 13.5. The van der Waals surface area contributed by atoms with Crippen LogP contribution in [-0.4, -0.2) is 31.2 Å². The molecule has 1 heterocycles. The number of aryl methyl sites for hydroxylation is 1. The maximum absolute atomic E-state index is 13.5. The summed E-state index contributed by atoms with van der Waals surface area (Å²) < 4.78 is 29.3. The van der Waals surface area contributed by atoms with Gasteiger partial charge < -0.3 is 4.90 Å². The molecule has 0 N–H and O–H groups in total. The Bertz CT molecular complexity index is 1220. The number of para-hydroxylation sites is 1. The molecule has 5 nitrogen and oxygen atoms in total. The van der Waals surface area contributed by atoms with Gasteiger partial charge in [-0.05, 0) is 61.7 Å². The van der Waals surface area contributed by atoms with Gasteiger partial charge in [0.1, 0.15) is 0 Å². The SMILES string of the molecule is Cc1ccc(S(=O)(=O)N(CC(=O)N2c3ccccc3C[C@@H]2C)Cc2ccc(Br)cc2)cc1. The molecule has 0 saturated heterocycles. The predicted octanol–water partition coefficient (Wildman–Crippen LogP) is 4.93. The number of sulfonamides is 1. The first-order chi connectivity index (χ1) is 15.3. The third-order valence-electron chi connectivity index (χ3n) is 5.72. The highest BCUT2D eigenvalue weighted by Crippen LogP contribution is 2.32. The van der Waals surface area contributed by atoms with Gasteiger partial charge in [0.15, 0.2) is 0 Å². The summed E-state index contributed by atoms with van der Waals surface area (Å²) >= 11 is 3.41. The summed E-state index contributed by atoms with van der Waals surface area (Å²) in [6.07, 6.45) is 0.763. The fourth-order valence-corrected chi connectivity index (χ4v) is 5.69. The first kappa shape index (κ1) is 22.7. The molecule has 0 bridgehead atoms. The van der Waals surface area contributed by atoms with Crippen LogP contribution in [0.3, 0.4) is 0 Å². The molecule has 32 heavy (non-hydrogen) atoms. The van der Waals surface area contributed by atoms with Crippen molar-refractivity contribution >= 4 is 37.5 Å². The number of halogens is 1. The van der Waals surface area contributed by atoms with E-state index in [0.29, 0.717) is 0 Å². The van der Waals surface area contributed by atoms with Gasteiger partial charge in [0.25, 0.3) is 0 Å². The van der Waals surface area contributed by atoms with Crippen LogP contribution in [0.1, 0.15) is 23.6 Å². The highest BCUT2D eigenvalue weighted by atomic mass is 79.9. The summed E-state index contributed by atoms with van der Waals surface area (Å²) in [5.74, 6) is -0.227. The zero-order valence-electron chi connectivity index (χ0n) is 18.0. The Kier molecular flexibility index (Phi) is 6.51. The van der Waals surface area contributed by atoms with Crippen LogP contribution >= 0.6 is 15.9 Å². The second-order valence-electron chi connectivity index (χ2n) is 8.16. The van der Waals surface area contributed by atoms with Crippen LogP contribution in [0.5, 0.6) is 0 Å². The topological polar surface area (TPSA) is 57.7 Å². The van der Waals surface area contributed by atoms with Crippen molar-refractivity contribution in [2.75, 3.05) is 11.4 Å². The van der Waals surface area contributed by atoms with Crippen molar-refractivity contribution in [3.63, 3.8) is 0 Å². The molecule has 1 aliphatic heterocycles. The lowest BCUT2D eigenvalue weighted by molar-refractivity contribution is -0.119. The van der Waals surface area contributed by atoms with E-state index in [1.165, 1.54) is 4.31 Å². The van der Waals surface area contributed by atoms with Crippen molar-refractivity contribution in [3.05, 3.63) is 94.0 Å². The van der Waals surface area contributed by atoms with Crippen molar-refractivity contribution in [2.45, 2.75) is 37.8 Å². The van der Waals surface area contributed by atoms with Crippen LogP contribution in [0.4, 0.5) is 5.69 Å². The third kappa shape index (κ3) is 4.65. The Labute approximate surface area is 197 Å². The number of hydrogen-bond donors (Lipinski definition) is 0. The summed E-state index contributed by atoms with van der Waals surface area (Å²) in [5.41, 5.74) is 3.75. The quantitative estimate of drug-likeness (QED) is 0.470. The number of fused-ring (bicyclic) bond motifs is 1. The van der Waals surface area contributed by atoms with E-state index >= 15 is 0 Å². The summed E-state index contributed by atoms with van der Waals surface area (Å²) in [6, 6.07) is 22.0. The zero-order valence-corrected chi connectivity index (χ0v) is 20.4. The maximum Gasteiger partial charge on any atom is 0.243 e. The van der Waals surface area contributed by atoms with E-state index in [1.807, 2.05) is 62.4 Å². The van der Waals surface area contributed by atoms with Gasteiger partial charge in [-0.2, -0.15) is 4.31 Å². The molecule has 0 radical (unpaired) electrons. The number of rotatable bonds is 6. The molecule has 3 aromatic carbocycles. The Morgan fingerprint density at radius 1 is 1.03 bits per heavy atom. The fourth-order valence-electron chi connectivity index (χ4n) is 4.05. The normalized spacial score (nSPS) is 15.8. The van der Waals surface area contributed by atoms with Crippen LogP contribution in [0, 0.1) is 6.92 Å². The van der Waals surface area contributed by atoms with Crippen LogP contribution in [-0.2, 0) is 27.8 Å². The molecule has 1 aliphatic rings. The monoisotopic (exact) mass is 512 g/mol. The lowest BCUT2D eigenvalue weighted by atomic mass is 10.1. The number of carbonyl (C=O) groups is 1. The van der Waals surface area contributed by atoms with E-state index in [1.54, 1.807) is 29.2 Å². The standard InChI is InChI=1S/C25H25BrN2O3S/c1-18-7-13-23(14-8-18)32(30,31)27(16-20-9-11-22(26)12-10-20)17-25(29)28-19(2)15-21-5-3-4-6-24(21)28/h3-14,19H,15-17H2,1-2H3/t19-/m0/s1. The molecule has 3 aromatic rings. The van der Waals surface area contributed by atoms with E-state index in [9.17, 15) is 13.2 Å². The van der Waals surface area contributed by atoms with Crippen LogP contribution in [0.15, 0.2) is 82.2 Å². The Morgan fingerprint density at radius 3 is 2.38 bits per heavy atom. The molecule has 0 aromatic heterocycles. The Morgan fingerprint density at radius 2 is 1.69 bits per heavy atom. The van der Waals surface area contributed by atoms with E-state index in [0.717, 1.165) is 33.3 Å². The summed E-state index contributed by atoms with van der Waals surface area (Å²) in [5, 5.41) is 0. The smallest absolute Gasteiger partial charge is 0.243 e. The molecule has 0 saturated carbocycles. The van der Waals surface area contributed by atoms with Crippen molar-refractivity contribution in [1.82, 2.24) is 4.31 Å². The zero-order chi connectivity index (χ0) is 22.9. The molecule has 1 atom stereocenters. The Balaban J connectivity index is 1.67. The van der Waals surface area contributed by atoms with E-state index in [2.05, 4.69) is 15.9 Å². The van der Waals surface area contributed by atoms with Gasteiger partial charge in [0.05, 0.1) is 11.4 Å². The first-order valence-electron chi connectivity index (χ1n) is 10.5. The van der Waals surface area contributed by atoms with Gasteiger partial charge in [-0.25, -0.2) is 8.42 Å². The number of carbonyl (C=O) groups excluding carboxylic acids is 1. The lowest BCUT2D eigenvalue weighted by Crippen LogP contribution is -2.44. The summed E-state index contributed by atoms with van der Waals surface area (Å²) in [7, 11) is -3.87. The van der Waals surface area contributed by atoms with Gasteiger partial charge in [-0.15, -0.1) is 0 Å². The fraction of sp³-hybridized carbons (Fsp3) is 0.240. The van der Waals surface area contributed by atoms with Crippen LogP contribution in [0.2, 0.25) is 0 Å². The molecule has 0 aliphatic carbocycles. The van der Waals surface area contributed by atoms with Gasteiger partial charge in [-0.3, -0.25) is 4.79 Å². The molecular formula is C25H25BrN2O3S. The minimum Gasteiger partial charge on any atom is -0.308 e. The summed E-state index contributed by atoms with van der Waals surface area (Å²) in [4.78, 5) is 15.3. The van der Waals surface area contributed by atoms with Crippen LogP contribution < -0.4 is 4.90 Å².